The van der Waals surface area contributed by atoms with Gasteiger partial charge in [0.2, 0.25) is 11.8 Å². The Balaban J connectivity index is 1.30. The predicted molar refractivity (Wildman–Crippen MR) is 126 cm³/mol. The summed E-state index contributed by atoms with van der Waals surface area (Å²) >= 11 is 0. The van der Waals surface area contributed by atoms with Gasteiger partial charge < -0.3 is 10.1 Å². The van der Waals surface area contributed by atoms with Crippen LogP contribution in [0.1, 0.15) is 12.0 Å². The number of nitrogens with one attached hydrogen (secondary N) is 1. The van der Waals surface area contributed by atoms with Crippen LogP contribution in [0, 0.1) is 33.8 Å². The zero-order valence-electron chi connectivity index (χ0n) is 19.1. The van der Waals surface area contributed by atoms with Crippen molar-refractivity contribution in [2.75, 3.05) is 11.9 Å². The Labute approximate surface area is 206 Å². The van der Waals surface area contributed by atoms with E-state index in [2.05, 4.69) is 5.32 Å². The van der Waals surface area contributed by atoms with E-state index in [4.69, 9.17) is 4.74 Å². The fourth-order valence-corrected chi connectivity index (χ4v) is 5.48. The van der Waals surface area contributed by atoms with Gasteiger partial charge in [-0.25, -0.2) is 4.79 Å². The van der Waals surface area contributed by atoms with Crippen molar-refractivity contribution in [3.8, 4) is 0 Å². The first-order valence-electron chi connectivity index (χ1n) is 11.6. The van der Waals surface area contributed by atoms with Crippen LogP contribution in [0.2, 0.25) is 0 Å². The zero-order valence-corrected chi connectivity index (χ0v) is 19.1. The number of carbonyl (C=O) groups is 4. The minimum absolute atomic E-state index is 0.00412. The third-order valence-corrected chi connectivity index (χ3v) is 7.05. The lowest BCUT2D eigenvalue weighted by atomic mass is 9.85. The van der Waals surface area contributed by atoms with Gasteiger partial charge in [0, 0.05) is 24.2 Å². The molecule has 10 heteroatoms. The number of benzene rings is 2. The number of non-ortho nitro benzene ring substituents is 1. The first kappa shape index (κ1) is 23.4. The maximum absolute atomic E-state index is 13.3. The molecule has 10 nitrogen and oxygen atoms in total. The number of nitro benzene ring substituents is 1. The number of imide groups is 1. The summed E-state index contributed by atoms with van der Waals surface area (Å²) in [6, 6.07) is 13.1. The minimum atomic E-state index is -1.21. The molecule has 1 aliphatic heterocycles. The molecule has 1 heterocycles. The second kappa shape index (κ2) is 9.37. The molecule has 2 bridgehead atoms. The molecule has 3 amide bonds. The number of esters is 1. The number of fused-ring (bicyclic) bond motifs is 5. The Kier molecular flexibility index (Phi) is 6.09. The van der Waals surface area contributed by atoms with E-state index in [1.807, 2.05) is 18.2 Å². The van der Waals surface area contributed by atoms with Gasteiger partial charge in [-0.2, -0.15) is 0 Å². The van der Waals surface area contributed by atoms with Crippen molar-refractivity contribution >= 4 is 35.1 Å². The summed E-state index contributed by atoms with van der Waals surface area (Å²) in [6.45, 7) is -0.678. The number of allylic oxidation sites excluding steroid dienone is 2. The van der Waals surface area contributed by atoms with Gasteiger partial charge in [0.1, 0.15) is 6.04 Å². The largest absolute Gasteiger partial charge is 0.454 e. The Bertz CT molecular complexity index is 1250. The molecule has 184 valence electrons. The number of carbonyl (C=O) groups excluding carboxylic acids is 4. The van der Waals surface area contributed by atoms with Gasteiger partial charge in [-0.1, -0.05) is 48.6 Å². The Hall–Kier alpha value is -4.34. The maximum atomic E-state index is 13.3. The van der Waals surface area contributed by atoms with Crippen LogP contribution in [0.25, 0.3) is 0 Å². The van der Waals surface area contributed by atoms with E-state index < -0.39 is 41.3 Å². The lowest BCUT2D eigenvalue weighted by molar-refractivity contribution is -0.384. The van der Waals surface area contributed by atoms with Gasteiger partial charge >= 0.3 is 5.97 Å². The van der Waals surface area contributed by atoms with Crippen molar-refractivity contribution in [1.82, 2.24) is 4.90 Å². The number of nitro groups is 1. The predicted octanol–water partition coefficient (Wildman–Crippen LogP) is 2.49. The number of anilines is 1. The van der Waals surface area contributed by atoms with Crippen molar-refractivity contribution < 1.29 is 28.8 Å². The van der Waals surface area contributed by atoms with Gasteiger partial charge in [0.25, 0.3) is 11.6 Å². The Morgan fingerprint density at radius 1 is 1.03 bits per heavy atom. The lowest BCUT2D eigenvalue weighted by Crippen LogP contribution is -2.48. The van der Waals surface area contributed by atoms with Gasteiger partial charge in [-0.3, -0.25) is 29.4 Å². The molecule has 2 aromatic carbocycles. The highest BCUT2D eigenvalue weighted by atomic mass is 16.6. The quantitative estimate of drug-likeness (QED) is 0.198. The van der Waals surface area contributed by atoms with E-state index in [-0.39, 0.29) is 41.4 Å². The van der Waals surface area contributed by atoms with Crippen LogP contribution in [0.4, 0.5) is 11.4 Å². The number of amides is 3. The van der Waals surface area contributed by atoms with Crippen LogP contribution in [0.3, 0.4) is 0 Å². The van der Waals surface area contributed by atoms with Crippen molar-refractivity contribution in [3.63, 3.8) is 0 Å². The van der Waals surface area contributed by atoms with Crippen molar-refractivity contribution in [2.45, 2.75) is 18.9 Å². The van der Waals surface area contributed by atoms with Gasteiger partial charge in [0.05, 0.1) is 16.8 Å². The summed E-state index contributed by atoms with van der Waals surface area (Å²) in [5, 5.41) is 13.4. The van der Waals surface area contributed by atoms with E-state index in [0.717, 1.165) is 16.9 Å². The summed E-state index contributed by atoms with van der Waals surface area (Å²) in [5.74, 6) is -3.25. The average Bonchev–Trinajstić information content (AvgIpc) is 3.56. The molecule has 2 aliphatic carbocycles. The third kappa shape index (κ3) is 4.26. The van der Waals surface area contributed by atoms with Crippen LogP contribution in [-0.2, 0) is 30.3 Å². The van der Waals surface area contributed by atoms with Gasteiger partial charge in [0.15, 0.2) is 6.61 Å². The van der Waals surface area contributed by atoms with E-state index in [9.17, 15) is 29.3 Å². The van der Waals surface area contributed by atoms with E-state index in [1.54, 1.807) is 24.3 Å². The first-order chi connectivity index (χ1) is 17.3. The second-order valence-corrected chi connectivity index (χ2v) is 9.22. The second-order valence-electron chi connectivity index (χ2n) is 9.22. The molecule has 2 fully saturated rings. The summed E-state index contributed by atoms with van der Waals surface area (Å²) in [7, 11) is 0. The van der Waals surface area contributed by atoms with Crippen LogP contribution >= 0.6 is 0 Å². The summed E-state index contributed by atoms with van der Waals surface area (Å²) in [5.41, 5.74) is 0.707. The smallest absolute Gasteiger partial charge is 0.330 e. The minimum Gasteiger partial charge on any atom is -0.454 e. The fourth-order valence-electron chi connectivity index (χ4n) is 5.48. The number of hydrogen-bond acceptors (Lipinski definition) is 7. The highest BCUT2D eigenvalue weighted by Gasteiger charge is 2.61. The normalized spacial score (nSPS) is 24.5. The van der Waals surface area contributed by atoms with Gasteiger partial charge in [-0.05, 0) is 29.9 Å². The number of hydrogen-bond donors (Lipinski definition) is 1. The molecular weight excluding hydrogens is 466 g/mol. The molecule has 0 unspecified atom stereocenters. The molecule has 0 spiro atoms. The molecule has 3 aliphatic rings. The number of rotatable bonds is 8. The molecule has 1 saturated carbocycles. The van der Waals surface area contributed by atoms with E-state index in [0.29, 0.717) is 0 Å². The topological polar surface area (TPSA) is 136 Å². The van der Waals surface area contributed by atoms with Gasteiger partial charge in [-0.15, -0.1) is 0 Å². The zero-order chi connectivity index (χ0) is 25.4. The van der Waals surface area contributed by atoms with Crippen LogP contribution in [-0.4, -0.2) is 46.2 Å². The summed E-state index contributed by atoms with van der Waals surface area (Å²) in [6.07, 6.45) is 4.78. The fraction of sp³-hybridized carbons (Fsp3) is 0.308. The molecule has 2 aromatic rings. The summed E-state index contributed by atoms with van der Waals surface area (Å²) in [4.78, 5) is 63.6. The lowest BCUT2D eigenvalue weighted by Gasteiger charge is -2.26. The first-order valence-corrected chi connectivity index (χ1v) is 11.6. The average molecular weight is 489 g/mol. The van der Waals surface area contributed by atoms with Crippen molar-refractivity contribution in [3.05, 3.63) is 82.4 Å². The van der Waals surface area contributed by atoms with Crippen LogP contribution in [0.15, 0.2) is 66.7 Å². The molecule has 0 radical (unpaired) electrons. The highest BCUT2D eigenvalue weighted by molar-refractivity contribution is 6.09. The van der Waals surface area contributed by atoms with E-state index >= 15 is 0 Å². The monoisotopic (exact) mass is 489 g/mol. The van der Waals surface area contributed by atoms with E-state index in [1.165, 1.54) is 24.3 Å². The van der Waals surface area contributed by atoms with Crippen LogP contribution in [0.5, 0.6) is 0 Å². The van der Waals surface area contributed by atoms with Crippen LogP contribution < -0.4 is 5.32 Å². The third-order valence-electron chi connectivity index (χ3n) is 7.05. The summed E-state index contributed by atoms with van der Waals surface area (Å²) < 4.78 is 5.24. The molecule has 0 aromatic heterocycles. The molecule has 5 atom stereocenters. The number of likely N-dealkylation sites (tertiary alicyclic amines) is 1. The molecule has 36 heavy (non-hydrogen) atoms. The highest BCUT2D eigenvalue weighted by Crippen LogP contribution is 2.53. The SMILES string of the molecule is O=C(COC(=O)[C@H](Cc1ccccc1)N1C(=O)[C@@H]2[C@@H](C1=O)[C@H]1C=C[C@H]2C1)Nc1cccc([N+](=O)[O-])c1. The molecule has 1 saturated heterocycles. The molecule has 5 rings (SSSR count). The molecular formula is C26H23N3O7. The Morgan fingerprint density at radius 3 is 2.33 bits per heavy atom. The maximum Gasteiger partial charge on any atom is 0.330 e. The van der Waals surface area contributed by atoms with Crippen molar-refractivity contribution in [1.29, 1.82) is 0 Å². The van der Waals surface area contributed by atoms with Crippen molar-refractivity contribution in [2.24, 2.45) is 23.7 Å². The standard InChI is InChI=1S/C26H23N3O7/c30-21(27-18-7-4-8-19(13-18)29(34)35)14-36-26(33)20(11-15-5-2-1-3-6-15)28-24(31)22-16-9-10-17(12-16)23(22)25(28)32/h1-10,13,16-17,20,22-23H,11-12,14H2,(H,27,30)/t16-,17-,20-,22-,23-/m0/s1. The molecule has 1 N–H and O–H groups in total. The number of nitrogens with zero attached hydrogens (tertiary/aromatic N) is 2. The number of ether oxygens (including phenoxy) is 1. The Morgan fingerprint density at radius 2 is 1.69 bits per heavy atom.